The highest BCUT2D eigenvalue weighted by Crippen LogP contribution is 2.26. The molecule has 2 aromatic carbocycles. The normalized spacial score (nSPS) is 10.9. The topological polar surface area (TPSA) is 56.2 Å². The van der Waals surface area contributed by atoms with Gasteiger partial charge in [-0.25, -0.2) is 0 Å². The Balaban J connectivity index is 2.29. The molecule has 3 rings (SSSR count). The average molecular weight is 286 g/mol. The quantitative estimate of drug-likeness (QED) is 0.687. The zero-order valence-corrected chi connectivity index (χ0v) is 11.6. The molecule has 2 N–H and O–H groups in total. The summed E-state index contributed by atoms with van der Waals surface area (Å²) in [7, 11) is 0. The van der Waals surface area contributed by atoms with Crippen LogP contribution in [0.1, 0.15) is 5.56 Å². The lowest BCUT2D eigenvalue weighted by molar-refractivity contribution is 0.616. The number of hydrogen-bond acceptors (Lipinski definition) is 3. The summed E-state index contributed by atoms with van der Waals surface area (Å²) in [5, 5.41) is 1.02. The van der Waals surface area contributed by atoms with Crippen LogP contribution in [-0.2, 0) is 0 Å². The smallest absolute Gasteiger partial charge is 0.193 e. The second-order valence-electron chi connectivity index (χ2n) is 4.70. The van der Waals surface area contributed by atoms with Crippen molar-refractivity contribution < 1.29 is 4.42 Å². The third-order valence-electron chi connectivity index (χ3n) is 3.17. The molecule has 20 heavy (non-hydrogen) atoms. The number of rotatable bonds is 1. The molecule has 0 amide bonds. The Hall–Kier alpha value is -2.26. The standard InChI is InChI=1S/C16H12ClNO2/c1-9-6-11(17)7-13-14(19)8-15(20-16(9)13)10-2-4-12(18)5-3-10/h2-8H,18H2,1H3. The van der Waals surface area contributed by atoms with Gasteiger partial charge in [0.2, 0.25) is 0 Å². The monoisotopic (exact) mass is 285 g/mol. The molecule has 0 bridgehead atoms. The molecule has 3 nitrogen and oxygen atoms in total. The zero-order valence-electron chi connectivity index (χ0n) is 10.8. The Morgan fingerprint density at radius 3 is 2.50 bits per heavy atom. The molecule has 1 aromatic heterocycles. The molecule has 0 radical (unpaired) electrons. The van der Waals surface area contributed by atoms with Gasteiger partial charge in [0.05, 0.1) is 5.39 Å². The first-order valence-electron chi connectivity index (χ1n) is 6.14. The SMILES string of the molecule is Cc1cc(Cl)cc2c(=O)cc(-c3ccc(N)cc3)oc12. The van der Waals surface area contributed by atoms with Gasteiger partial charge in [-0.05, 0) is 48.9 Å². The predicted octanol–water partition coefficient (Wildman–Crippen LogP) is 4.00. The van der Waals surface area contributed by atoms with E-state index in [4.69, 9.17) is 21.8 Å². The molecular weight excluding hydrogens is 274 g/mol. The molecule has 4 heteroatoms. The number of anilines is 1. The average Bonchev–Trinajstić information content (AvgIpc) is 2.40. The molecule has 1 heterocycles. The summed E-state index contributed by atoms with van der Waals surface area (Å²) in [6, 6.07) is 12.1. The van der Waals surface area contributed by atoms with E-state index in [1.165, 1.54) is 6.07 Å². The van der Waals surface area contributed by atoms with E-state index in [9.17, 15) is 4.79 Å². The predicted molar refractivity (Wildman–Crippen MR) is 82.1 cm³/mol. The number of nitrogen functional groups attached to an aromatic ring is 1. The van der Waals surface area contributed by atoms with Crippen molar-refractivity contribution in [2.24, 2.45) is 0 Å². The van der Waals surface area contributed by atoms with Crippen LogP contribution in [0.2, 0.25) is 5.02 Å². The van der Waals surface area contributed by atoms with Crippen LogP contribution >= 0.6 is 11.6 Å². The van der Waals surface area contributed by atoms with Crippen molar-refractivity contribution in [1.29, 1.82) is 0 Å². The summed E-state index contributed by atoms with van der Waals surface area (Å²) in [6.07, 6.45) is 0. The Morgan fingerprint density at radius 1 is 1.10 bits per heavy atom. The first-order chi connectivity index (χ1) is 9.54. The van der Waals surface area contributed by atoms with Crippen molar-refractivity contribution in [3.63, 3.8) is 0 Å². The zero-order chi connectivity index (χ0) is 14.3. The maximum atomic E-state index is 12.2. The first kappa shape index (κ1) is 12.8. The van der Waals surface area contributed by atoms with E-state index in [0.717, 1.165) is 11.1 Å². The number of aryl methyl sites for hydroxylation is 1. The summed E-state index contributed by atoms with van der Waals surface area (Å²) in [5.74, 6) is 0.521. The summed E-state index contributed by atoms with van der Waals surface area (Å²) in [6.45, 7) is 1.86. The molecule has 0 aliphatic carbocycles. The van der Waals surface area contributed by atoms with E-state index >= 15 is 0 Å². The number of halogens is 1. The van der Waals surface area contributed by atoms with Crippen LogP contribution in [0.25, 0.3) is 22.3 Å². The van der Waals surface area contributed by atoms with Gasteiger partial charge >= 0.3 is 0 Å². The van der Waals surface area contributed by atoms with Crippen molar-refractivity contribution >= 4 is 28.3 Å². The van der Waals surface area contributed by atoms with Crippen LogP contribution in [0.15, 0.2) is 51.7 Å². The molecule has 0 atom stereocenters. The number of fused-ring (bicyclic) bond motifs is 1. The van der Waals surface area contributed by atoms with E-state index < -0.39 is 0 Å². The molecule has 0 unspecified atom stereocenters. The molecule has 100 valence electrons. The van der Waals surface area contributed by atoms with Crippen LogP contribution < -0.4 is 11.2 Å². The van der Waals surface area contributed by atoms with E-state index in [1.54, 1.807) is 24.3 Å². The third kappa shape index (κ3) is 2.17. The van der Waals surface area contributed by atoms with Gasteiger partial charge in [-0.3, -0.25) is 4.79 Å². The van der Waals surface area contributed by atoms with E-state index in [-0.39, 0.29) is 5.43 Å². The molecule has 0 aliphatic heterocycles. The second kappa shape index (κ2) is 4.69. The molecule has 0 saturated heterocycles. The van der Waals surface area contributed by atoms with Crippen LogP contribution in [0.5, 0.6) is 0 Å². The maximum absolute atomic E-state index is 12.2. The van der Waals surface area contributed by atoms with Gasteiger partial charge in [-0.2, -0.15) is 0 Å². The first-order valence-corrected chi connectivity index (χ1v) is 6.52. The fourth-order valence-electron chi connectivity index (χ4n) is 2.17. The van der Waals surface area contributed by atoms with E-state index in [1.807, 2.05) is 19.1 Å². The molecule has 0 spiro atoms. The van der Waals surface area contributed by atoms with Gasteiger partial charge < -0.3 is 10.2 Å². The number of benzene rings is 2. The minimum atomic E-state index is -0.108. The summed E-state index contributed by atoms with van der Waals surface area (Å²) >= 11 is 5.98. The minimum Gasteiger partial charge on any atom is -0.456 e. The Morgan fingerprint density at radius 2 is 1.80 bits per heavy atom. The lowest BCUT2D eigenvalue weighted by Crippen LogP contribution is -2.01. The van der Waals surface area contributed by atoms with Crippen molar-refractivity contribution in [3.05, 3.63) is 63.3 Å². The van der Waals surface area contributed by atoms with E-state index in [0.29, 0.717) is 27.4 Å². The Bertz CT molecular complexity index is 851. The minimum absolute atomic E-state index is 0.108. The highest BCUT2D eigenvalue weighted by molar-refractivity contribution is 6.31. The summed E-state index contributed by atoms with van der Waals surface area (Å²) in [4.78, 5) is 12.2. The largest absolute Gasteiger partial charge is 0.456 e. The fraction of sp³-hybridized carbons (Fsp3) is 0.0625. The van der Waals surface area contributed by atoms with Gasteiger partial charge in [0.15, 0.2) is 5.43 Å². The molecule has 0 aliphatic rings. The van der Waals surface area contributed by atoms with Gasteiger partial charge in [-0.1, -0.05) is 11.6 Å². The van der Waals surface area contributed by atoms with Crippen molar-refractivity contribution in [2.75, 3.05) is 5.73 Å². The van der Waals surface area contributed by atoms with Gasteiger partial charge in [0.1, 0.15) is 11.3 Å². The molecular formula is C16H12ClNO2. The number of hydrogen-bond donors (Lipinski definition) is 1. The van der Waals surface area contributed by atoms with Crippen LogP contribution in [-0.4, -0.2) is 0 Å². The van der Waals surface area contributed by atoms with Crippen LogP contribution in [0.4, 0.5) is 5.69 Å². The lowest BCUT2D eigenvalue weighted by Gasteiger charge is -2.06. The third-order valence-corrected chi connectivity index (χ3v) is 3.39. The van der Waals surface area contributed by atoms with Crippen molar-refractivity contribution in [2.45, 2.75) is 6.92 Å². The van der Waals surface area contributed by atoms with Crippen molar-refractivity contribution in [3.8, 4) is 11.3 Å². The van der Waals surface area contributed by atoms with Crippen LogP contribution in [0.3, 0.4) is 0 Å². The Labute approximate surface area is 120 Å². The molecule has 0 fully saturated rings. The second-order valence-corrected chi connectivity index (χ2v) is 5.13. The van der Waals surface area contributed by atoms with E-state index in [2.05, 4.69) is 0 Å². The summed E-state index contributed by atoms with van der Waals surface area (Å²) in [5.41, 5.74) is 8.43. The summed E-state index contributed by atoms with van der Waals surface area (Å²) < 4.78 is 5.85. The maximum Gasteiger partial charge on any atom is 0.193 e. The van der Waals surface area contributed by atoms with Crippen molar-refractivity contribution in [1.82, 2.24) is 0 Å². The fourth-order valence-corrected chi connectivity index (χ4v) is 2.45. The molecule has 0 saturated carbocycles. The van der Waals surface area contributed by atoms with Gasteiger partial charge in [0, 0.05) is 22.3 Å². The van der Waals surface area contributed by atoms with Crippen LogP contribution in [0, 0.1) is 6.92 Å². The van der Waals surface area contributed by atoms with Gasteiger partial charge in [0.25, 0.3) is 0 Å². The highest BCUT2D eigenvalue weighted by atomic mass is 35.5. The number of nitrogens with two attached hydrogens (primary N) is 1. The molecule has 3 aromatic rings. The highest BCUT2D eigenvalue weighted by Gasteiger charge is 2.10. The lowest BCUT2D eigenvalue weighted by atomic mass is 10.1. The van der Waals surface area contributed by atoms with Gasteiger partial charge in [-0.15, -0.1) is 0 Å². The Kier molecular flexibility index (Phi) is 2.99.